The summed E-state index contributed by atoms with van der Waals surface area (Å²) < 4.78 is 11.2. The van der Waals surface area contributed by atoms with Gasteiger partial charge in [0.25, 0.3) is 0 Å². The van der Waals surface area contributed by atoms with Crippen LogP contribution in [0.2, 0.25) is 0 Å². The second kappa shape index (κ2) is 4.94. The van der Waals surface area contributed by atoms with E-state index in [1.807, 2.05) is 0 Å². The zero-order chi connectivity index (χ0) is 9.73. The van der Waals surface area contributed by atoms with Gasteiger partial charge in [0, 0.05) is 13.2 Å². The summed E-state index contributed by atoms with van der Waals surface area (Å²) >= 11 is 0. The highest BCUT2D eigenvalue weighted by molar-refractivity contribution is 4.75. The molecule has 1 fully saturated rings. The SMILES string of the molecule is CCC(C)(CN)OCC1CCCO1. The molecule has 0 radical (unpaired) electrons. The number of rotatable bonds is 5. The van der Waals surface area contributed by atoms with Crippen molar-refractivity contribution < 1.29 is 9.47 Å². The maximum absolute atomic E-state index is 5.76. The van der Waals surface area contributed by atoms with Crippen LogP contribution >= 0.6 is 0 Å². The molecule has 3 heteroatoms. The topological polar surface area (TPSA) is 44.5 Å². The van der Waals surface area contributed by atoms with Crippen LogP contribution in [0.4, 0.5) is 0 Å². The van der Waals surface area contributed by atoms with E-state index >= 15 is 0 Å². The molecule has 13 heavy (non-hydrogen) atoms. The highest BCUT2D eigenvalue weighted by Crippen LogP contribution is 2.18. The van der Waals surface area contributed by atoms with E-state index in [1.165, 1.54) is 6.42 Å². The molecule has 0 aliphatic carbocycles. The molecule has 0 aromatic heterocycles. The van der Waals surface area contributed by atoms with Crippen LogP contribution in [0.25, 0.3) is 0 Å². The molecule has 3 nitrogen and oxygen atoms in total. The van der Waals surface area contributed by atoms with E-state index in [0.29, 0.717) is 19.3 Å². The minimum Gasteiger partial charge on any atom is -0.376 e. The van der Waals surface area contributed by atoms with Gasteiger partial charge in [-0.3, -0.25) is 0 Å². The van der Waals surface area contributed by atoms with Crippen molar-refractivity contribution in [1.29, 1.82) is 0 Å². The van der Waals surface area contributed by atoms with Gasteiger partial charge in [-0.2, -0.15) is 0 Å². The van der Waals surface area contributed by atoms with Crippen molar-refractivity contribution in [3.05, 3.63) is 0 Å². The first kappa shape index (κ1) is 11.0. The first-order valence-corrected chi connectivity index (χ1v) is 5.16. The van der Waals surface area contributed by atoms with Gasteiger partial charge in [-0.15, -0.1) is 0 Å². The van der Waals surface area contributed by atoms with Crippen molar-refractivity contribution in [2.45, 2.75) is 44.8 Å². The summed E-state index contributed by atoms with van der Waals surface area (Å²) in [6.45, 7) is 6.32. The molecule has 1 aliphatic rings. The minimum absolute atomic E-state index is 0.161. The third-order valence-electron chi connectivity index (χ3n) is 2.82. The summed E-state index contributed by atoms with van der Waals surface area (Å²) in [5.41, 5.74) is 5.48. The second-order valence-corrected chi connectivity index (χ2v) is 3.95. The van der Waals surface area contributed by atoms with E-state index < -0.39 is 0 Å². The van der Waals surface area contributed by atoms with Crippen LogP contribution in [-0.2, 0) is 9.47 Å². The molecule has 2 N–H and O–H groups in total. The van der Waals surface area contributed by atoms with Crippen molar-refractivity contribution in [2.75, 3.05) is 19.8 Å². The standard InChI is InChI=1S/C10H21NO2/c1-3-10(2,8-11)13-7-9-5-4-6-12-9/h9H,3-8,11H2,1-2H3. The maximum Gasteiger partial charge on any atom is 0.0809 e. The van der Waals surface area contributed by atoms with E-state index in [0.717, 1.165) is 19.4 Å². The van der Waals surface area contributed by atoms with Gasteiger partial charge >= 0.3 is 0 Å². The summed E-state index contributed by atoms with van der Waals surface area (Å²) in [5.74, 6) is 0. The fourth-order valence-corrected chi connectivity index (χ4v) is 1.38. The Morgan fingerprint density at radius 1 is 1.62 bits per heavy atom. The lowest BCUT2D eigenvalue weighted by Crippen LogP contribution is -2.39. The third kappa shape index (κ3) is 3.25. The second-order valence-electron chi connectivity index (χ2n) is 3.95. The highest BCUT2D eigenvalue weighted by atomic mass is 16.5. The molecule has 1 rings (SSSR count). The number of hydrogen-bond donors (Lipinski definition) is 1. The minimum atomic E-state index is -0.161. The number of nitrogens with two attached hydrogens (primary N) is 1. The summed E-state index contributed by atoms with van der Waals surface area (Å²) in [6.07, 6.45) is 3.55. The van der Waals surface area contributed by atoms with Gasteiger partial charge < -0.3 is 15.2 Å². The van der Waals surface area contributed by atoms with E-state index in [-0.39, 0.29) is 5.60 Å². The summed E-state index contributed by atoms with van der Waals surface area (Å²) in [7, 11) is 0. The zero-order valence-electron chi connectivity index (χ0n) is 8.71. The van der Waals surface area contributed by atoms with Crippen LogP contribution in [0.1, 0.15) is 33.1 Å². The molecule has 1 aliphatic heterocycles. The Kier molecular flexibility index (Phi) is 4.16. The monoisotopic (exact) mass is 187 g/mol. The van der Waals surface area contributed by atoms with Crippen molar-refractivity contribution in [3.8, 4) is 0 Å². The molecule has 0 bridgehead atoms. The number of ether oxygens (including phenoxy) is 2. The molecule has 2 atom stereocenters. The first-order chi connectivity index (χ1) is 6.20. The molecular weight excluding hydrogens is 166 g/mol. The maximum atomic E-state index is 5.76. The normalized spacial score (nSPS) is 27.5. The summed E-state index contributed by atoms with van der Waals surface area (Å²) in [6, 6.07) is 0. The molecule has 0 aromatic rings. The molecular formula is C10H21NO2. The van der Waals surface area contributed by atoms with Gasteiger partial charge in [0.05, 0.1) is 18.3 Å². The largest absolute Gasteiger partial charge is 0.376 e. The average Bonchev–Trinajstić information content (AvgIpc) is 2.67. The molecule has 2 unspecified atom stereocenters. The fourth-order valence-electron chi connectivity index (χ4n) is 1.38. The predicted octanol–water partition coefficient (Wildman–Crippen LogP) is 1.31. The van der Waals surface area contributed by atoms with Gasteiger partial charge in [0.1, 0.15) is 0 Å². The van der Waals surface area contributed by atoms with Crippen LogP contribution in [0.15, 0.2) is 0 Å². The molecule has 0 amide bonds. The lowest BCUT2D eigenvalue weighted by atomic mass is 10.0. The lowest BCUT2D eigenvalue weighted by Gasteiger charge is -2.28. The van der Waals surface area contributed by atoms with Crippen LogP contribution in [0, 0.1) is 0 Å². The molecule has 0 spiro atoms. The Balaban J connectivity index is 2.22. The van der Waals surface area contributed by atoms with Gasteiger partial charge in [-0.25, -0.2) is 0 Å². The van der Waals surface area contributed by atoms with Gasteiger partial charge in [0.15, 0.2) is 0 Å². The van der Waals surface area contributed by atoms with E-state index in [2.05, 4.69) is 13.8 Å². The van der Waals surface area contributed by atoms with Gasteiger partial charge in [-0.05, 0) is 26.2 Å². The molecule has 0 saturated carbocycles. The quantitative estimate of drug-likeness (QED) is 0.705. The van der Waals surface area contributed by atoms with Crippen molar-refractivity contribution in [1.82, 2.24) is 0 Å². The fraction of sp³-hybridized carbons (Fsp3) is 1.00. The zero-order valence-corrected chi connectivity index (χ0v) is 8.71. The van der Waals surface area contributed by atoms with Crippen molar-refractivity contribution >= 4 is 0 Å². The van der Waals surface area contributed by atoms with Crippen LogP contribution in [-0.4, -0.2) is 31.5 Å². The van der Waals surface area contributed by atoms with E-state index in [4.69, 9.17) is 15.2 Å². The Morgan fingerprint density at radius 3 is 2.85 bits per heavy atom. The Labute approximate surface area is 80.6 Å². The Hall–Kier alpha value is -0.120. The molecule has 0 aromatic carbocycles. The summed E-state index contributed by atoms with van der Waals surface area (Å²) in [4.78, 5) is 0. The van der Waals surface area contributed by atoms with Gasteiger partial charge in [-0.1, -0.05) is 6.92 Å². The van der Waals surface area contributed by atoms with Crippen LogP contribution in [0.3, 0.4) is 0 Å². The van der Waals surface area contributed by atoms with Gasteiger partial charge in [0.2, 0.25) is 0 Å². The predicted molar refractivity (Wildman–Crippen MR) is 52.7 cm³/mol. The Bertz CT molecular complexity index is 140. The average molecular weight is 187 g/mol. The smallest absolute Gasteiger partial charge is 0.0809 e. The van der Waals surface area contributed by atoms with Crippen molar-refractivity contribution in [2.24, 2.45) is 5.73 Å². The van der Waals surface area contributed by atoms with Crippen LogP contribution in [0.5, 0.6) is 0 Å². The highest BCUT2D eigenvalue weighted by Gasteiger charge is 2.24. The van der Waals surface area contributed by atoms with E-state index in [1.54, 1.807) is 0 Å². The van der Waals surface area contributed by atoms with Crippen molar-refractivity contribution in [3.63, 3.8) is 0 Å². The number of hydrogen-bond acceptors (Lipinski definition) is 3. The lowest BCUT2D eigenvalue weighted by molar-refractivity contribution is -0.0711. The molecule has 78 valence electrons. The summed E-state index contributed by atoms with van der Waals surface area (Å²) in [5, 5.41) is 0. The molecule has 1 heterocycles. The van der Waals surface area contributed by atoms with E-state index in [9.17, 15) is 0 Å². The first-order valence-electron chi connectivity index (χ1n) is 5.16. The Morgan fingerprint density at radius 2 is 2.38 bits per heavy atom. The molecule has 1 saturated heterocycles. The third-order valence-corrected chi connectivity index (χ3v) is 2.82. The van der Waals surface area contributed by atoms with Crippen LogP contribution < -0.4 is 5.73 Å².